The molecule has 4 aromatic heterocycles. The van der Waals surface area contributed by atoms with Crippen molar-refractivity contribution in [3.63, 3.8) is 0 Å². The smallest absolute Gasteiger partial charge is 0.164 e. The van der Waals surface area contributed by atoms with Crippen LogP contribution in [0.25, 0.3) is 128 Å². The molecule has 4 heterocycles. The van der Waals surface area contributed by atoms with Gasteiger partial charge in [-0.2, -0.15) is 0 Å². The first-order valence-corrected chi connectivity index (χ1v) is 21.1. The van der Waals surface area contributed by atoms with Crippen molar-refractivity contribution in [2.24, 2.45) is 0 Å². The van der Waals surface area contributed by atoms with Gasteiger partial charge in [-0.15, -0.1) is 0 Å². The zero-order valence-electron chi connectivity index (χ0n) is 33.7. The maximum absolute atomic E-state index is 6.29. The highest BCUT2D eigenvalue weighted by atomic mass is 16.3. The Bertz CT molecular complexity index is 3770. The Hall–Kier alpha value is -8.61. The van der Waals surface area contributed by atoms with E-state index in [1.54, 1.807) is 0 Å². The van der Waals surface area contributed by atoms with E-state index in [0.29, 0.717) is 17.5 Å². The average Bonchev–Trinajstić information content (AvgIpc) is 4.03. The van der Waals surface area contributed by atoms with Gasteiger partial charge in [0, 0.05) is 60.3 Å². The van der Waals surface area contributed by atoms with Crippen LogP contribution >= 0.6 is 0 Å². The maximum atomic E-state index is 6.29. The lowest BCUT2D eigenvalue weighted by Gasteiger charge is -2.11. The summed E-state index contributed by atoms with van der Waals surface area (Å²) < 4.78 is 15.0. The summed E-state index contributed by atoms with van der Waals surface area (Å²) in [6, 6.07) is 71.8. The van der Waals surface area contributed by atoms with Crippen molar-refractivity contribution in [1.29, 1.82) is 0 Å². The molecule has 0 aliphatic carbocycles. The zero-order chi connectivity index (χ0) is 41.4. The SMILES string of the molecule is c1ccc(-c2cccc3c4cc(-c5ccc(-c6nc(-c7ccc8c(c7)oc7ccccc78)nc(-c7ccc8c(c7)oc7ccccc78)n6)cc5)ccc4n(-c4ccccc4)c23)cc1. The van der Waals surface area contributed by atoms with Gasteiger partial charge < -0.3 is 13.4 Å². The third-order valence-electron chi connectivity index (χ3n) is 12.3. The lowest BCUT2D eigenvalue weighted by atomic mass is 9.99. The van der Waals surface area contributed by atoms with Crippen LogP contribution in [-0.4, -0.2) is 19.5 Å². The van der Waals surface area contributed by atoms with Crippen LogP contribution in [0.3, 0.4) is 0 Å². The van der Waals surface area contributed by atoms with Crippen LogP contribution in [0.2, 0.25) is 0 Å². The molecule has 9 aromatic carbocycles. The van der Waals surface area contributed by atoms with Crippen molar-refractivity contribution in [1.82, 2.24) is 19.5 Å². The highest BCUT2D eigenvalue weighted by Crippen LogP contribution is 2.40. The van der Waals surface area contributed by atoms with Gasteiger partial charge in [-0.05, 0) is 77.4 Å². The third kappa shape index (κ3) is 5.76. The third-order valence-corrected chi connectivity index (χ3v) is 12.3. The normalized spacial score (nSPS) is 11.8. The van der Waals surface area contributed by atoms with Gasteiger partial charge in [-0.1, -0.05) is 146 Å². The minimum Gasteiger partial charge on any atom is -0.456 e. The minimum absolute atomic E-state index is 0.557. The number of para-hydroxylation sites is 4. The van der Waals surface area contributed by atoms with Crippen LogP contribution in [0.4, 0.5) is 0 Å². The predicted molar refractivity (Wildman–Crippen MR) is 256 cm³/mol. The first-order valence-electron chi connectivity index (χ1n) is 21.1. The van der Waals surface area contributed by atoms with Gasteiger partial charge in [0.25, 0.3) is 0 Å². The Morgan fingerprint density at radius 2 is 0.794 bits per heavy atom. The number of hydrogen-bond donors (Lipinski definition) is 0. The summed E-state index contributed by atoms with van der Waals surface area (Å²) in [4.78, 5) is 15.3. The van der Waals surface area contributed by atoms with Crippen molar-refractivity contribution in [3.8, 4) is 62.1 Å². The second kappa shape index (κ2) is 14.0. The fraction of sp³-hybridized carbons (Fsp3) is 0. The Morgan fingerprint density at radius 3 is 1.43 bits per heavy atom. The number of furan rings is 2. The van der Waals surface area contributed by atoms with Crippen molar-refractivity contribution in [2.45, 2.75) is 0 Å². The lowest BCUT2D eigenvalue weighted by Crippen LogP contribution is -2.00. The summed E-state index contributed by atoms with van der Waals surface area (Å²) in [7, 11) is 0. The van der Waals surface area contributed by atoms with E-state index in [0.717, 1.165) is 82.9 Å². The molecule has 13 rings (SSSR count). The van der Waals surface area contributed by atoms with E-state index in [1.165, 1.54) is 27.4 Å². The largest absolute Gasteiger partial charge is 0.456 e. The van der Waals surface area contributed by atoms with E-state index < -0.39 is 0 Å². The molecule has 294 valence electrons. The summed E-state index contributed by atoms with van der Waals surface area (Å²) in [5.74, 6) is 1.69. The predicted octanol–water partition coefficient (Wildman–Crippen LogP) is 15.1. The Balaban J connectivity index is 0.933. The molecular formula is C57H34N4O2. The molecule has 0 saturated heterocycles. The molecule has 13 aromatic rings. The van der Waals surface area contributed by atoms with E-state index >= 15 is 0 Å². The van der Waals surface area contributed by atoms with E-state index in [9.17, 15) is 0 Å². The Kier molecular flexibility index (Phi) is 7.80. The van der Waals surface area contributed by atoms with Crippen molar-refractivity contribution < 1.29 is 8.83 Å². The molecule has 0 saturated carbocycles. The summed E-state index contributed by atoms with van der Waals surface area (Å²) >= 11 is 0. The number of benzene rings is 9. The molecule has 0 amide bonds. The highest BCUT2D eigenvalue weighted by Gasteiger charge is 2.19. The van der Waals surface area contributed by atoms with Crippen LogP contribution in [0.15, 0.2) is 215 Å². The van der Waals surface area contributed by atoms with Gasteiger partial charge in [0.2, 0.25) is 0 Å². The van der Waals surface area contributed by atoms with Gasteiger partial charge >= 0.3 is 0 Å². The van der Waals surface area contributed by atoms with Crippen LogP contribution < -0.4 is 0 Å². The van der Waals surface area contributed by atoms with Crippen molar-refractivity contribution >= 4 is 65.7 Å². The molecule has 6 heteroatoms. The van der Waals surface area contributed by atoms with Crippen LogP contribution in [0, 0.1) is 0 Å². The number of nitrogens with zero attached hydrogens (tertiary/aromatic N) is 4. The Morgan fingerprint density at radius 1 is 0.302 bits per heavy atom. The highest BCUT2D eigenvalue weighted by molar-refractivity contribution is 6.15. The van der Waals surface area contributed by atoms with Crippen molar-refractivity contribution in [3.05, 3.63) is 206 Å². The van der Waals surface area contributed by atoms with Crippen LogP contribution in [0.1, 0.15) is 0 Å². The first-order chi connectivity index (χ1) is 31.2. The summed E-state index contributed by atoms with van der Waals surface area (Å²) in [5, 5.41) is 6.66. The second-order valence-corrected chi connectivity index (χ2v) is 16.0. The van der Waals surface area contributed by atoms with E-state index in [2.05, 4.69) is 162 Å². The molecule has 0 bridgehead atoms. The average molecular weight is 807 g/mol. The molecule has 0 unspecified atom stereocenters. The van der Waals surface area contributed by atoms with E-state index in [4.69, 9.17) is 23.8 Å². The van der Waals surface area contributed by atoms with Gasteiger partial charge in [-0.25, -0.2) is 15.0 Å². The van der Waals surface area contributed by atoms with E-state index in [-0.39, 0.29) is 0 Å². The molecule has 63 heavy (non-hydrogen) atoms. The molecule has 0 fully saturated rings. The van der Waals surface area contributed by atoms with Gasteiger partial charge in [-0.3, -0.25) is 0 Å². The molecule has 0 radical (unpaired) electrons. The number of aromatic nitrogens is 4. The van der Waals surface area contributed by atoms with Gasteiger partial charge in [0.15, 0.2) is 17.5 Å². The molecule has 0 aliphatic heterocycles. The zero-order valence-corrected chi connectivity index (χ0v) is 33.7. The van der Waals surface area contributed by atoms with Crippen molar-refractivity contribution in [2.75, 3.05) is 0 Å². The Labute approximate surface area is 361 Å². The van der Waals surface area contributed by atoms with Gasteiger partial charge in [0.05, 0.1) is 11.0 Å². The first kappa shape index (κ1) is 35.2. The summed E-state index contributed by atoms with van der Waals surface area (Å²) in [6.45, 7) is 0. The molecule has 0 atom stereocenters. The molecule has 0 aliphatic rings. The van der Waals surface area contributed by atoms with Crippen LogP contribution in [0.5, 0.6) is 0 Å². The minimum atomic E-state index is 0.557. The number of hydrogen-bond acceptors (Lipinski definition) is 5. The standard InChI is InChI=1S/C57H34N4O2/c1-3-12-36(13-4-1)42-18-11-19-47-48-32-38(28-31-49(48)61(54(42)47)41-14-5-2-6-15-41)35-22-24-37(25-23-35)55-58-56(39-26-29-45-43-16-7-9-20-50(43)62-52(45)33-39)60-57(59-55)40-27-30-46-44-17-8-10-21-51(44)63-53(46)34-40/h1-34H. The van der Waals surface area contributed by atoms with Gasteiger partial charge in [0.1, 0.15) is 22.3 Å². The summed E-state index contributed by atoms with van der Waals surface area (Å²) in [5.41, 5.74) is 13.9. The molecular weight excluding hydrogens is 773 g/mol. The topological polar surface area (TPSA) is 69.9 Å². The fourth-order valence-electron chi connectivity index (χ4n) is 9.25. The second-order valence-electron chi connectivity index (χ2n) is 16.0. The monoisotopic (exact) mass is 806 g/mol. The maximum Gasteiger partial charge on any atom is 0.164 e. The van der Waals surface area contributed by atoms with E-state index in [1.807, 2.05) is 48.5 Å². The number of fused-ring (bicyclic) bond motifs is 9. The summed E-state index contributed by atoms with van der Waals surface area (Å²) in [6.07, 6.45) is 0. The molecule has 6 nitrogen and oxygen atoms in total. The fourth-order valence-corrected chi connectivity index (χ4v) is 9.25. The van der Waals surface area contributed by atoms with Crippen LogP contribution in [-0.2, 0) is 0 Å². The molecule has 0 N–H and O–H groups in total. The quantitative estimate of drug-likeness (QED) is 0.167. The lowest BCUT2D eigenvalue weighted by molar-refractivity contribution is 0.668. The number of rotatable bonds is 6. The molecule has 0 spiro atoms.